The predicted octanol–water partition coefficient (Wildman–Crippen LogP) is -3.08. The van der Waals surface area contributed by atoms with Crippen LogP contribution in [0.1, 0.15) is 31.7 Å². The molecule has 0 aromatic heterocycles. The van der Waals surface area contributed by atoms with Crippen molar-refractivity contribution < 1.29 is 49.2 Å². The van der Waals surface area contributed by atoms with Crippen molar-refractivity contribution >= 4 is 35.6 Å². The van der Waals surface area contributed by atoms with Crippen LogP contribution in [0.3, 0.4) is 0 Å². The first-order chi connectivity index (χ1) is 17.2. The molecule has 1 rings (SSSR count). The van der Waals surface area contributed by atoms with Gasteiger partial charge in [-0.2, -0.15) is 0 Å². The summed E-state index contributed by atoms with van der Waals surface area (Å²) in [4.78, 5) is 72.0. The van der Waals surface area contributed by atoms with E-state index in [2.05, 4.69) is 16.0 Å². The van der Waals surface area contributed by atoms with Crippen LogP contribution in [0, 0.1) is 0 Å². The Morgan fingerprint density at radius 2 is 1.38 bits per heavy atom. The average molecular weight is 526 g/mol. The molecule has 0 radical (unpaired) electrons. The number of aliphatic hydroxyl groups is 1. The summed E-state index contributed by atoms with van der Waals surface area (Å²) in [5.74, 6) is -6.95. The Labute approximate surface area is 211 Å². The summed E-state index contributed by atoms with van der Waals surface area (Å²) >= 11 is 0. The molecule has 0 fully saturated rings. The third-order valence-electron chi connectivity index (χ3n) is 5.14. The van der Waals surface area contributed by atoms with E-state index in [0.717, 1.165) is 0 Å². The number of amides is 4. The Kier molecular flexibility index (Phi) is 11.9. The van der Waals surface area contributed by atoms with Crippen LogP contribution in [0.4, 0.5) is 0 Å². The number of aliphatic hydroxyl groups excluding tert-OH is 1. The number of aliphatic carboxylic acids is 2. The molecule has 1 aromatic rings. The Morgan fingerprint density at radius 3 is 1.86 bits per heavy atom. The van der Waals surface area contributed by atoms with Crippen LogP contribution in [0.15, 0.2) is 24.3 Å². The third kappa shape index (κ3) is 10.9. The van der Waals surface area contributed by atoms with Crippen LogP contribution in [0.25, 0.3) is 0 Å². The highest BCUT2D eigenvalue weighted by Gasteiger charge is 2.32. The lowest BCUT2D eigenvalue weighted by atomic mass is 10.0. The van der Waals surface area contributed by atoms with E-state index in [1.54, 1.807) is 0 Å². The van der Waals surface area contributed by atoms with Gasteiger partial charge in [0.25, 0.3) is 0 Å². The van der Waals surface area contributed by atoms with Gasteiger partial charge in [-0.15, -0.1) is 0 Å². The fourth-order valence-electron chi connectivity index (χ4n) is 3.04. The second-order valence-electron chi connectivity index (χ2n) is 8.26. The van der Waals surface area contributed by atoms with Crippen molar-refractivity contribution in [2.45, 2.75) is 62.9 Å². The number of carboxylic acid groups (broad SMARTS) is 2. The quantitative estimate of drug-likeness (QED) is 0.111. The van der Waals surface area contributed by atoms with Gasteiger partial charge in [0.2, 0.25) is 23.6 Å². The maximum Gasteiger partial charge on any atom is 0.326 e. The number of phenols is 1. The molecule has 0 saturated carbocycles. The van der Waals surface area contributed by atoms with Gasteiger partial charge in [-0.05, 0) is 31.0 Å². The minimum Gasteiger partial charge on any atom is -0.508 e. The number of phenolic OH excluding ortho intramolecular Hbond substituents is 1. The summed E-state index contributed by atoms with van der Waals surface area (Å²) in [6, 6.07) is -0.649. The summed E-state index contributed by atoms with van der Waals surface area (Å²) in [5.41, 5.74) is 11.1. The number of benzene rings is 1. The molecule has 0 saturated heterocycles. The van der Waals surface area contributed by atoms with Crippen molar-refractivity contribution in [3.8, 4) is 5.75 Å². The zero-order chi connectivity index (χ0) is 28.3. The molecule has 0 aliphatic heterocycles. The van der Waals surface area contributed by atoms with Gasteiger partial charge in [0.1, 0.15) is 29.9 Å². The molecule has 0 heterocycles. The molecule has 15 nitrogen and oxygen atoms in total. The molecule has 4 amide bonds. The molecule has 5 unspecified atom stereocenters. The van der Waals surface area contributed by atoms with Crippen LogP contribution in [0.2, 0.25) is 0 Å². The van der Waals surface area contributed by atoms with Gasteiger partial charge in [-0.1, -0.05) is 12.1 Å². The minimum atomic E-state index is -1.72. The van der Waals surface area contributed by atoms with Gasteiger partial charge < -0.3 is 47.8 Å². The van der Waals surface area contributed by atoms with E-state index in [-0.39, 0.29) is 18.6 Å². The lowest BCUT2D eigenvalue weighted by molar-refractivity contribution is -0.143. The van der Waals surface area contributed by atoms with E-state index in [1.807, 2.05) is 0 Å². The lowest BCUT2D eigenvalue weighted by Crippen LogP contribution is -2.58. The van der Waals surface area contributed by atoms with E-state index >= 15 is 0 Å². The van der Waals surface area contributed by atoms with Crippen LogP contribution in [-0.4, -0.2) is 86.3 Å². The van der Waals surface area contributed by atoms with Gasteiger partial charge in [-0.25, -0.2) is 4.79 Å². The minimum absolute atomic E-state index is 0.0497. The number of hydrogen-bond acceptors (Lipinski definition) is 9. The van der Waals surface area contributed by atoms with Gasteiger partial charge in [0.05, 0.1) is 12.5 Å². The molecular weight excluding hydrogens is 494 g/mol. The molecule has 37 heavy (non-hydrogen) atoms. The van der Waals surface area contributed by atoms with E-state index in [1.165, 1.54) is 31.2 Å². The summed E-state index contributed by atoms with van der Waals surface area (Å²) in [6.07, 6.45) is -3.17. The highest BCUT2D eigenvalue weighted by Crippen LogP contribution is 2.12. The maximum atomic E-state index is 12.9. The Hall–Kier alpha value is -4.24. The highest BCUT2D eigenvalue weighted by molar-refractivity contribution is 5.96. The normalized spacial score (nSPS) is 14.8. The maximum absolute atomic E-state index is 12.9. The number of nitrogens with two attached hydrogens (primary N) is 2. The summed E-state index contributed by atoms with van der Waals surface area (Å²) in [5, 5.41) is 44.0. The molecule has 0 aliphatic rings. The Balaban J connectivity index is 3.07. The fourth-order valence-corrected chi connectivity index (χ4v) is 3.04. The molecule has 1 aromatic carbocycles. The zero-order valence-electron chi connectivity index (χ0n) is 19.9. The smallest absolute Gasteiger partial charge is 0.326 e. The summed E-state index contributed by atoms with van der Waals surface area (Å²) in [7, 11) is 0. The van der Waals surface area contributed by atoms with Crippen LogP contribution in [-0.2, 0) is 35.2 Å². The summed E-state index contributed by atoms with van der Waals surface area (Å²) in [6.45, 7) is 1.21. The summed E-state index contributed by atoms with van der Waals surface area (Å²) < 4.78 is 0. The van der Waals surface area contributed by atoms with Gasteiger partial charge in [0, 0.05) is 12.8 Å². The number of aromatic hydroxyl groups is 1. The van der Waals surface area contributed by atoms with Gasteiger partial charge >= 0.3 is 11.9 Å². The molecule has 0 aliphatic carbocycles. The van der Waals surface area contributed by atoms with Crippen molar-refractivity contribution in [2.24, 2.45) is 11.5 Å². The van der Waals surface area contributed by atoms with Crippen molar-refractivity contribution in [3.05, 3.63) is 29.8 Å². The number of carbonyl (C=O) groups is 6. The predicted molar refractivity (Wildman–Crippen MR) is 126 cm³/mol. The van der Waals surface area contributed by atoms with E-state index in [9.17, 15) is 44.1 Å². The number of carboxylic acids is 2. The Bertz CT molecular complexity index is 998. The number of nitrogens with one attached hydrogen (secondary N) is 3. The van der Waals surface area contributed by atoms with Gasteiger partial charge in [0.15, 0.2) is 0 Å². The van der Waals surface area contributed by atoms with Crippen molar-refractivity contribution in [3.63, 3.8) is 0 Å². The molecule has 11 N–H and O–H groups in total. The van der Waals surface area contributed by atoms with Crippen molar-refractivity contribution in [1.82, 2.24) is 16.0 Å². The largest absolute Gasteiger partial charge is 0.508 e. The number of hydrogen-bond donors (Lipinski definition) is 9. The molecule has 15 heteroatoms. The molecule has 5 atom stereocenters. The molecular formula is C22H31N5O10. The van der Waals surface area contributed by atoms with E-state index in [0.29, 0.717) is 5.56 Å². The fraction of sp³-hybridized carbons (Fsp3) is 0.455. The SMILES string of the molecule is CC(O)C(N)C(=O)NC(CC(=O)O)C(=O)NC(CCC(N)=O)C(=O)NC(Cc1ccc(O)cc1)C(=O)O. The number of rotatable bonds is 15. The first-order valence-corrected chi connectivity index (χ1v) is 11.1. The Morgan fingerprint density at radius 1 is 0.865 bits per heavy atom. The number of primary amides is 1. The lowest BCUT2D eigenvalue weighted by Gasteiger charge is -2.25. The van der Waals surface area contributed by atoms with Crippen LogP contribution >= 0.6 is 0 Å². The van der Waals surface area contributed by atoms with E-state index < -0.39 is 78.7 Å². The van der Waals surface area contributed by atoms with Crippen molar-refractivity contribution in [2.75, 3.05) is 0 Å². The molecule has 204 valence electrons. The second kappa shape index (κ2) is 14.4. The van der Waals surface area contributed by atoms with Gasteiger partial charge in [-0.3, -0.25) is 24.0 Å². The average Bonchev–Trinajstić information content (AvgIpc) is 2.80. The first kappa shape index (κ1) is 30.8. The first-order valence-electron chi connectivity index (χ1n) is 11.1. The van der Waals surface area contributed by atoms with Crippen LogP contribution < -0.4 is 27.4 Å². The van der Waals surface area contributed by atoms with Crippen molar-refractivity contribution in [1.29, 1.82) is 0 Å². The van der Waals surface area contributed by atoms with E-state index in [4.69, 9.17) is 16.6 Å². The monoisotopic (exact) mass is 525 g/mol. The third-order valence-corrected chi connectivity index (χ3v) is 5.14. The van der Waals surface area contributed by atoms with Crippen LogP contribution in [0.5, 0.6) is 5.75 Å². The standard InChI is InChI=1S/C22H31N5O10/c1-10(28)18(24)21(35)26-14(9-17(31)32)20(34)25-13(6-7-16(23)30)19(33)27-15(22(36)37)8-11-2-4-12(29)5-3-11/h2-5,10,13-15,18,28-29H,6-9,24H2,1H3,(H2,23,30)(H,25,34)(H,26,35)(H,27,33)(H,31,32)(H,36,37). The highest BCUT2D eigenvalue weighted by atomic mass is 16.4. The molecule has 0 bridgehead atoms. The topological polar surface area (TPSA) is 271 Å². The zero-order valence-corrected chi connectivity index (χ0v) is 19.9. The molecule has 0 spiro atoms. The number of carbonyl (C=O) groups excluding carboxylic acids is 4. The second-order valence-corrected chi connectivity index (χ2v) is 8.26.